The molecule has 1 aliphatic heterocycles. The van der Waals surface area contributed by atoms with Crippen LogP contribution in [0.25, 0.3) is 11.0 Å². The summed E-state index contributed by atoms with van der Waals surface area (Å²) in [5.41, 5.74) is 1.59. The van der Waals surface area contributed by atoms with Crippen LogP contribution in [-0.2, 0) is 4.74 Å². The lowest BCUT2D eigenvalue weighted by molar-refractivity contribution is 0.0194. The average Bonchev–Trinajstić information content (AvgIpc) is 3.13. The molecule has 0 aliphatic carbocycles. The first-order valence-electron chi connectivity index (χ1n) is 10.4. The Balaban J connectivity index is 1.58. The second-order valence-corrected chi connectivity index (χ2v) is 8.06. The fraction of sp³-hybridized carbons (Fsp3) is 0.524. The number of methoxy groups -OCH3 is 1. The Morgan fingerprint density at radius 2 is 2.03 bits per heavy atom. The van der Waals surface area contributed by atoms with Crippen molar-refractivity contribution in [2.24, 2.45) is 0 Å². The van der Waals surface area contributed by atoms with Crippen LogP contribution in [0, 0.1) is 0 Å². The Bertz CT molecular complexity index is 1060. The summed E-state index contributed by atoms with van der Waals surface area (Å²) < 4.78 is 21.4. The van der Waals surface area contributed by atoms with Crippen molar-refractivity contribution in [3.05, 3.63) is 30.4 Å². The maximum atomic E-state index is 14.3. The van der Waals surface area contributed by atoms with Gasteiger partial charge in [0.2, 0.25) is 5.95 Å². The van der Waals surface area contributed by atoms with Gasteiger partial charge in [0.1, 0.15) is 35.3 Å². The van der Waals surface area contributed by atoms with E-state index in [1.807, 2.05) is 29.4 Å². The van der Waals surface area contributed by atoms with Crippen LogP contribution >= 0.6 is 0 Å². The van der Waals surface area contributed by atoms with E-state index in [9.17, 15) is 9.50 Å². The van der Waals surface area contributed by atoms with Gasteiger partial charge in [0, 0.05) is 32.0 Å². The number of alkyl halides is 1. The van der Waals surface area contributed by atoms with Crippen LogP contribution in [0.3, 0.4) is 0 Å². The summed E-state index contributed by atoms with van der Waals surface area (Å²) in [5, 5.41) is 13.3. The van der Waals surface area contributed by atoms with Crippen LogP contribution in [0.2, 0.25) is 0 Å². The molecule has 166 valence electrons. The molecule has 31 heavy (non-hydrogen) atoms. The van der Waals surface area contributed by atoms with Crippen molar-refractivity contribution >= 4 is 28.6 Å². The predicted octanol–water partition coefficient (Wildman–Crippen LogP) is 3.16. The van der Waals surface area contributed by atoms with Crippen LogP contribution in [0.4, 0.5) is 22.0 Å². The summed E-state index contributed by atoms with van der Waals surface area (Å²) in [6.45, 7) is 6.61. The lowest BCUT2D eigenvalue weighted by atomic mass is 10.1. The van der Waals surface area contributed by atoms with Gasteiger partial charge in [-0.25, -0.2) is 19.3 Å². The Morgan fingerprint density at radius 3 is 2.71 bits per heavy atom. The Kier molecular flexibility index (Phi) is 6.01. The van der Waals surface area contributed by atoms with Crippen LogP contribution in [-0.4, -0.2) is 62.1 Å². The number of fused-ring (bicyclic) bond motifs is 1. The molecule has 0 saturated carbocycles. The number of imidazole rings is 1. The van der Waals surface area contributed by atoms with Gasteiger partial charge in [-0.15, -0.1) is 0 Å². The highest BCUT2D eigenvalue weighted by Crippen LogP contribution is 2.27. The first kappa shape index (κ1) is 21.4. The SMILES string of the molecule is COC1CCN(c2nccc(Nc3cc4c(cn3)nc([C@@H](C)O)n4C(C)C)n2)CC1F. The minimum atomic E-state index is -1.08. The molecule has 2 N–H and O–H groups in total. The zero-order valence-corrected chi connectivity index (χ0v) is 18.2. The number of rotatable bonds is 6. The number of anilines is 3. The van der Waals surface area contributed by atoms with E-state index in [-0.39, 0.29) is 18.7 Å². The highest BCUT2D eigenvalue weighted by molar-refractivity contribution is 5.79. The quantitative estimate of drug-likeness (QED) is 0.616. The number of halogens is 1. The number of pyridine rings is 1. The molecule has 10 heteroatoms. The molecule has 4 heterocycles. The number of nitrogens with zero attached hydrogens (tertiary/aromatic N) is 6. The molecule has 9 nitrogen and oxygen atoms in total. The second kappa shape index (κ2) is 8.72. The third-order valence-corrected chi connectivity index (χ3v) is 5.46. The largest absolute Gasteiger partial charge is 0.385 e. The van der Waals surface area contributed by atoms with E-state index in [1.54, 1.807) is 25.4 Å². The molecular formula is C21H28FN7O2. The minimum Gasteiger partial charge on any atom is -0.385 e. The Morgan fingerprint density at radius 1 is 1.23 bits per heavy atom. The minimum absolute atomic E-state index is 0.124. The number of aliphatic hydroxyl groups excluding tert-OH is 1. The Labute approximate surface area is 180 Å². The highest BCUT2D eigenvalue weighted by Gasteiger charge is 2.30. The van der Waals surface area contributed by atoms with Gasteiger partial charge in [-0.1, -0.05) is 0 Å². The van der Waals surface area contributed by atoms with Gasteiger partial charge in [-0.3, -0.25) is 0 Å². The van der Waals surface area contributed by atoms with E-state index >= 15 is 0 Å². The topological polar surface area (TPSA) is 101 Å². The van der Waals surface area contributed by atoms with E-state index < -0.39 is 12.3 Å². The summed E-state index contributed by atoms with van der Waals surface area (Å²) in [6.07, 6.45) is 1.75. The summed E-state index contributed by atoms with van der Waals surface area (Å²) >= 11 is 0. The van der Waals surface area contributed by atoms with E-state index in [0.717, 1.165) is 5.52 Å². The van der Waals surface area contributed by atoms with Crippen molar-refractivity contribution in [1.29, 1.82) is 0 Å². The molecule has 3 atom stereocenters. The van der Waals surface area contributed by atoms with Gasteiger partial charge in [-0.2, -0.15) is 4.98 Å². The number of nitrogens with one attached hydrogen (secondary N) is 1. The normalized spacial score (nSPS) is 20.4. The van der Waals surface area contributed by atoms with Crippen molar-refractivity contribution in [2.45, 2.75) is 51.6 Å². The molecule has 0 amide bonds. The van der Waals surface area contributed by atoms with E-state index in [2.05, 4.69) is 25.3 Å². The molecule has 2 unspecified atom stereocenters. The lowest BCUT2D eigenvalue weighted by Gasteiger charge is -2.33. The van der Waals surface area contributed by atoms with Crippen molar-refractivity contribution < 1.29 is 14.2 Å². The first-order valence-corrected chi connectivity index (χ1v) is 10.4. The molecule has 0 spiro atoms. The van der Waals surface area contributed by atoms with Crippen molar-refractivity contribution in [1.82, 2.24) is 24.5 Å². The van der Waals surface area contributed by atoms with Crippen LogP contribution in [0.5, 0.6) is 0 Å². The van der Waals surface area contributed by atoms with Crippen molar-refractivity contribution in [3.8, 4) is 0 Å². The smallest absolute Gasteiger partial charge is 0.227 e. The molecule has 3 aromatic heterocycles. The van der Waals surface area contributed by atoms with Crippen molar-refractivity contribution in [3.63, 3.8) is 0 Å². The number of hydrogen-bond donors (Lipinski definition) is 2. The van der Waals surface area contributed by atoms with Crippen LogP contribution in [0.15, 0.2) is 24.5 Å². The molecule has 0 aromatic carbocycles. The summed E-state index contributed by atoms with van der Waals surface area (Å²) in [5.74, 6) is 2.23. The molecular weight excluding hydrogens is 401 g/mol. The number of ether oxygens (including phenoxy) is 1. The van der Waals surface area contributed by atoms with Gasteiger partial charge < -0.3 is 24.6 Å². The molecule has 1 fully saturated rings. The number of aliphatic hydroxyl groups is 1. The highest BCUT2D eigenvalue weighted by atomic mass is 19.1. The second-order valence-electron chi connectivity index (χ2n) is 8.06. The monoisotopic (exact) mass is 429 g/mol. The molecule has 1 saturated heterocycles. The van der Waals surface area contributed by atoms with Gasteiger partial charge in [0.15, 0.2) is 0 Å². The molecule has 0 bridgehead atoms. The van der Waals surface area contributed by atoms with E-state index in [0.29, 0.717) is 41.9 Å². The maximum absolute atomic E-state index is 14.3. The molecule has 4 rings (SSSR count). The molecule has 1 aliphatic rings. The van der Waals surface area contributed by atoms with Gasteiger partial charge in [0.25, 0.3) is 0 Å². The number of hydrogen-bond acceptors (Lipinski definition) is 8. The van der Waals surface area contributed by atoms with Gasteiger partial charge in [-0.05, 0) is 33.3 Å². The molecule has 3 aromatic rings. The number of piperidine rings is 1. The standard InChI is InChI=1S/C21H28FN7O2/c1-12(2)29-16-9-19(24-10-15(16)25-20(29)13(3)30)26-18-5-7-23-21(27-18)28-8-6-17(31-4)14(22)11-28/h5,7,9-10,12-14,17,30H,6,8,11H2,1-4H3,(H,23,24,26,27)/t13-,14?,17?/m1/s1. The summed E-state index contributed by atoms with van der Waals surface area (Å²) in [7, 11) is 1.53. The van der Waals surface area contributed by atoms with Crippen LogP contribution in [0.1, 0.15) is 45.2 Å². The zero-order valence-electron chi connectivity index (χ0n) is 18.2. The van der Waals surface area contributed by atoms with Gasteiger partial charge >= 0.3 is 0 Å². The fourth-order valence-electron chi connectivity index (χ4n) is 3.96. The first-order chi connectivity index (χ1) is 14.9. The predicted molar refractivity (Wildman–Crippen MR) is 116 cm³/mol. The third-order valence-electron chi connectivity index (χ3n) is 5.46. The summed E-state index contributed by atoms with van der Waals surface area (Å²) in [4.78, 5) is 19.6. The van der Waals surface area contributed by atoms with Crippen LogP contribution < -0.4 is 10.2 Å². The number of aromatic nitrogens is 5. The Hall–Kier alpha value is -2.85. The fourth-order valence-corrected chi connectivity index (χ4v) is 3.96. The summed E-state index contributed by atoms with van der Waals surface area (Å²) in [6, 6.07) is 3.75. The van der Waals surface area contributed by atoms with E-state index in [4.69, 9.17) is 4.74 Å². The average molecular weight is 430 g/mol. The lowest BCUT2D eigenvalue weighted by Crippen LogP contribution is -2.46. The van der Waals surface area contributed by atoms with E-state index in [1.165, 1.54) is 7.11 Å². The van der Waals surface area contributed by atoms with Gasteiger partial charge in [0.05, 0.1) is 24.4 Å². The third kappa shape index (κ3) is 4.31. The van der Waals surface area contributed by atoms with Crippen molar-refractivity contribution in [2.75, 3.05) is 30.4 Å². The zero-order chi connectivity index (χ0) is 22.1. The molecule has 0 radical (unpaired) electrons. The maximum Gasteiger partial charge on any atom is 0.227 e.